The molecule has 1 aliphatic heterocycles. The minimum Gasteiger partial charge on any atom is -0.379 e. The van der Waals surface area contributed by atoms with Crippen molar-refractivity contribution in [2.24, 2.45) is 0 Å². The number of anilines is 3. The highest BCUT2D eigenvalue weighted by molar-refractivity contribution is 7.92. The Kier molecular flexibility index (Phi) is 15.6. The summed E-state index contributed by atoms with van der Waals surface area (Å²) < 4.78 is 36.4. The van der Waals surface area contributed by atoms with Gasteiger partial charge in [-0.05, 0) is 80.8 Å². The maximum absolute atomic E-state index is 13.5. The second-order valence-electron chi connectivity index (χ2n) is 12.8. The maximum Gasteiger partial charge on any atom is 0.327 e. The van der Waals surface area contributed by atoms with Crippen molar-refractivity contribution in [1.82, 2.24) is 21.0 Å². The topological polar surface area (TPSA) is 191 Å². The second kappa shape index (κ2) is 20.3. The number of rotatable bonds is 18. The number of benzene rings is 2. The molecule has 1 aromatic heterocycles. The van der Waals surface area contributed by atoms with E-state index >= 15 is 0 Å². The molecule has 0 atom stereocenters. The SMILES string of the molecule is CCCCCCNC(=O)c1ccc[n+](CC(=O)Nc2c(C)ccc(S(=O)(=O)Nc3ccc(NNC(=O)C(=O)NCCCN4CCOCC4)cc3)c2C)c1. The fraction of sp³-hybridized carbons (Fsp3) is 0.432. The monoisotopic (exact) mass is 751 g/mol. The number of aromatic nitrogens is 1. The van der Waals surface area contributed by atoms with Gasteiger partial charge >= 0.3 is 11.8 Å². The lowest BCUT2D eigenvalue weighted by atomic mass is 10.1. The molecule has 3 aromatic rings. The van der Waals surface area contributed by atoms with Gasteiger partial charge in [-0.25, -0.2) is 8.42 Å². The van der Waals surface area contributed by atoms with E-state index in [1.165, 1.54) is 30.3 Å². The number of pyridine rings is 1. The van der Waals surface area contributed by atoms with Crippen LogP contribution in [0.15, 0.2) is 65.8 Å². The lowest BCUT2D eigenvalue weighted by molar-refractivity contribution is -0.684. The molecule has 0 bridgehead atoms. The van der Waals surface area contributed by atoms with Crippen LogP contribution in [-0.2, 0) is 35.7 Å². The van der Waals surface area contributed by atoms with E-state index in [4.69, 9.17) is 4.74 Å². The summed E-state index contributed by atoms with van der Waals surface area (Å²) in [7, 11) is -4.08. The van der Waals surface area contributed by atoms with E-state index in [1.54, 1.807) is 49.0 Å². The molecule has 1 saturated heterocycles. The van der Waals surface area contributed by atoms with Crippen LogP contribution in [-0.4, -0.2) is 82.9 Å². The molecular formula is C37H51N8O7S+. The van der Waals surface area contributed by atoms with Gasteiger partial charge < -0.3 is 20.7 Å². The van der Waals surface area contributed by atoms with Crippen molar-refractivity contribution in [2.75, 3.05) is 61.4 Å². The van der Waals surface area contributed by atoms with Crippen molar-refractivity contribution < 1.29 is 36.9 Å². The Morgan fingerprint density at radius 2 is 1.57 bits per heavy atom. The third-order valence-electron chi connectivity index (χ3n) is 8.64. The van der Waals surface area contributed by atoms with Crippen molar-refractivity contribution in [2.45, 2.75) is 64.3 Å². The van der Waals surface area contributed by atoms with Gasteiger partial charge in [-0.1, -0.05) is 32.3 Å². The quantitative estimate of drug-likeness (QED) is 0.0491. The van der Waals surface area contributed by atoms with Crippen molar-refractivity contribution >= 4 is 50.7 Å². The standard InChI is InChI=1S/C37H50N8O7S/c1-4-5-6-7-17-38-35(47)29-10-8-19-45(25-29)26-33(46)40-34-27(2)11-16-32(28(34)3)53(50,51)43-31-14-12-30(13-15-31)41-42-37(49)36(48)39-18-9-20-44-21-23-52-24-22-44/h8,10-16,19,25H,4-7,9,17-18,20-24,26H2,1-3H3,(H5-,38,39,40,41,42,43,46,47,48,49)/p+1. The number of carbonyl (C=O) groups is 4. The first-order valence-corrected chi connectivity index (χ1v) is 19.4. The van der Waals surface area contributed by atoms with Crippen molar-refractivity contribution in [3.8, 4) is 0 Å². The molecule has 4 amide bonds. The summed E-state index contributed by atoms with van der Waals surface area (Å²) in [6.45, 7) is 10.3. The van der Waals surface area contributed by atoms with Gasteiger partial charge in [-0.2, -0.15) is 4.57 Å². The van der Waals surface area contributed by atoms with E-state index < -0.39 is 27.7 Å². The van der Waals surface area contributed by atoms with Gasteiger partial charge in [0.15, 0.2) is 12.4 Å². The normalized spacial score (nSPS) is 13.1. The number of morpholine rings is 1. The molecular weight excluding hydrogens is 701 g/mol. The Balaban J connectivity index is 1.28. The van der Waals surface area contributed by atoms with Gasteiger partial charge in [0.25, 0.3) is 21.8 Å². The predicted molar refractivity (Wildman–Crippen MR) is 202 cm³/mol. The smallest absolute Gasteiger partial charge is 0.327 e. The Morgan fingerprint density at radius 1 is 0.849 bits per heavy atom. The van der Waals surface area contributed by atoms with Crippen molar-refractivity contribution in [1.29, 1.82) is 0 Å². The summed E-state index contributed by atoms with van der Waals surface area (Å²) in [6, 6.07) is 12.6. The summed E-state index contributed by atoms with van der Waals surface area (Å²) in [4.78, 5) is 52.3. The largest absolute Gasteiger partial charge is 0.379 e. The van der Waals surface area contributed by atoms with Crippen LogP contribution in [0.2, 0.25) is 0 Å². The molecule has 2 heterocycles. The highest BCUT2D eigenvalue weighted by Gasteiger charge is 2.22. The lowest BCUT2D eigenvalue weighted by Crippen LogP contribution is -2.43. The number of nitrogens with one attached hydrogen (secondary N) is 6. The van der Waals surface area contributed by atoms with E-state index in [0.29, 0.717) is 60.8 Å². The fourth-order valence-corrected chi connectivity index (χ4v) is 7.00. The number of hydrogen-bond donors (Lipinski definition) is 6. The molecule has 1 fully saturated rings. The van der Waals surface area contributed by atoms with Crippen LogP contribution in [0, 0.1) is 13.8 Å². The molecule has 286 valence electrons. The number of amides is 4. The van der Waals surface area contributed by atoms with Crippen molar-refractivity contribution in [3.05, 3.63) is 77.6 Å². The minimum absolute atomic E-state index is 0.0194. The molecule has 0 spiro atoms. The first-order chi connectivity index (χ1) is 25.5. The van der Waals surface area contributed by atoms with Gasteiger partial charge in [0.1, 0.15) is 5.56 Å². The first kappa shape index (κ1) is 40.7. The van der Waals surface area contributed by atoms with E-state index in [1.807, 2.05) is 0 Å². The number of aryl methyl sites for hydroxylation is 1. The van der Waals surface area contributed by atoms with E-state index in [9.17, 15) is 27.6 Å². The van der Waals surface area contributed by atoms with Gasteiger partial charge in [-0.15, -0.1) is 0 Å². The number of hydrogen-bond acceptors (Lipinski definition) is 9. The molecule has 4 rings (SSSR count). The van der Waals surface area contributed by atoms with Crippen LogP contribution < -0.4 is 36.1 Å². The number of unbranched alkanes of at least 4 members (excludes halogenated alkanes) is 3. The number of sulfonamides is 1. The summed E-state index contributed by atoms with van der Waals surface area (Å²) in [5, 5.41) is 8.35. The minimum atomic E-state index is -4.08. The molecule has 6 N–H and O–H groups in total. The molecule has 16 heteroatoms. The van der Waals surface area contributed by atoms with Gasteiger partial charge in [0.2, 0.25) is 6.54 Å². The molecule has 0 saturated carbocycles. The summed E-state index contributed by atoms with van der Waals surface area (Å²) in [5.41, 5.74) is 7.49. The summed E-state index contributed by atoms with van der Waals surface area (Å²) in [6.07, 6.45) is 8.19. The summed E-state index contributed by atoms with van der Waals surface area (Å²) in [5.74, 6) is -2.23. The van der Waals surface area contributed by atoms with E-state index in [2.05, 4.69) is 43.3 Å². The predicted octanol–water partition coefficient (Wildman–Crippen LogP) is 2.62. The average Bonchev–Trinajstić information content (AvgIpc) is 3.14. The Morgan fingerprint density at radius 3 is 2.30 bits per heavy atom. The first-order valence-electron chi connectivity index (χ1n) is 17.9. The Hall–Kier alpha value is -5.06. The van der Waals surface area contributed by atoms with Gasteiger partial charge in [0.05, 0.1) is 23.8 Å². The average molecular weight is 752 g/mol. The third-order valence-corrected chi connectivity index (χ3v) is 10.2. The molecule has 0 aliphatic carbocycles. The number of hydrazine groups is 1. The van der Waals surface area contributed by atoms with Crippen LogP contribution in [0.25, 0.3) is 0 Å². The van der Waals surface area contributed by atoms with Crippen LogP contribution in [0.3, 0.4) is 0 Å². The number of ether oxygens (including phenoxy) is 1. The molecule has 53 heavy (non-hydrogen) atoms. The Bertz CT molecular complexity index is 1830. The zero-order valence-electron chi connectivity index (χ0n) is 30.6. The lowest BCUT2D eigenvalue weighted by Gasteiger charge is -2.26. The number of nitrogens with zero attached hydrogens (tertiary/aromatic N) is 2. The molecule has 15 nitrogen and oxygen atoms in total. The molecule has 2 aromatic carbocycles. The van der Waals surface area contributed by atoms with Crippen LogP contribution in [0.4, 0.5) is 17.1 Å². The van der Waals surface area contributed by atoms with Crippen LogP contribution in [0.5, 0.6) is 0 Å². The maximum atomic E-state index is 13.5. The third kappa shape index (κ3) is 12.8. The second-order valence-corrected chi connectivity index (χ2v) is 14.5. The zero-order valence-corrected chi connectivity index (χ0v) is 31.4. The molecule has 0 unspecified atom stereocenters. The highest BCUT2D eigenvalue weighted by Crippen LogP contribution is 2.28. The zero-order chi connectivity index (χ0) is 38.2. The summed E-state index contributed by atoms with van der Waals surface area (Å²) >= 11 is 0. The van der Waals surface area contributed by atoms with Crippen LogP contribution >= 0.6 is 0 Å². The van der Waals surface area contributed by atoms with Crippen LogP contribution in [0.1, 0.15) is 60.5 Å². The Labute approximate surface area is 311 Å². The fourth-order valence-electron chi connectivity index (χ4n) is 5.69. The van der Waals surface area contributed by atoms with Gasteiger partial charge in [-0.3, -0.25) is 39.7 Å². The number of carbonyl (C=O) groups excluding carboxylic acids is 4. The molecule has 1 aliphatic rings. The van der Waals surface area contributed by atoms with Gasteiger partial charge in [0, 0.05) is 43.6 Å². The highest BCUT2D eigenvalue weighted by atomic mass is 32.2. The van der Waals surface area contributed by atoms with E-state index in [0.717, 1.165) is 45.3 Å². The molecule has 0 radical (unpaired) electrons. The van der Waals surface area contributed by atoms with E-state index in [-0.39, 0.29) is 23.0 Å². The van der Waals surface area contributed by atoms with Crippen molar-refractivity contribution in [3.63, 3.8) is 0 Å².